The number of aliphatic hydroxyl groups is 2. The van der Waals surface area contributed by atoms with Gasteiger partial charge in [-0.3, -0.25) is 14.2 Å². The second-order valence-corrected chi connectivity index (χ2v) is 11.1. The van der Waals surface area contributed by atoms with Crippen molar-refractivity contribution >= 4 is 22.8 Å². The molecule has 1 amide bonds. The number of anilines is 1. The van der Waals surface area contributed by atoms with Gasteiger partial charge in [0, 0.05) is 36.8 Å². The minimum atomic E-state index is -3.84. The third kappa shape index (κ3) is 5.69. The Labute approximate surface area is 242 Å². The Balaban J connectivity index is 1.94. The molecule has 1 aromatic carbocycles. The molecule has 3 N–H and O–H groups in total. The summed E-state index contributed by atoms with van der Waals surface area (Å²) in [4.78, 5) is 31.7. The van der Waals surface area contributed by atoms with Gasteiger partial charge in [-0.1, -0.05) is 13.8 Å². The van der Waals surface area contributed by atoms with Crippen molar-refractivity contribution in [1.29, 1.82) is 0 Å². The molecule has 0 bridgehead atoms. The van der Waals surface area contributed by atoms with Gasteiger partial charge in [-0.2, -0.15) is 0 Å². The van der Waals surface area contributed by atoms with Crippen molar-refractivity contribution in [2.24, 2.45) is 10.8 Å². The number of hydrogen-bond acceptors (Lipinski definition) is 6. The van der Waals surface area contributed by atoms with Gasteiger partial charge >= 0.3 is 0 Å². The molecule has 8 nitrogen and oxygen atoms in total. The van der Waals surface area contributed by atoms with E-state index in [1.165, 1.54) is 4.90 Å². The predicted octanol–water partition coefficient (Wildman–Crippen LogP) is 3.73. The smallest absolute Gasteiger partial charge is 0.271 e. The molecule has 0 aliphatic carbocycles. The molecule has 2 atom stereocenters. The van der Waals surface area contributed by atoms with Crippen LogP contribution in [0.3, 0.4) is 0 Å². The Hall–Kier alpha value is -3.86. The van der Waals surface area contributed by atoms with Crippen molar-refractivity contribution in [3.05, 3.63) is 63.5 Å². The van der Waals surface area contributed by atoms with Crippen LogP contribution in [0.5, 0.6) is 0 Å². The molecule has 1 fully saturated rings. The Bertz CT molecular complexity index is 1610. The maximum absolute atomic E-state index is 15.3. The van der Waals surface area contributed by atoms with Crippen LogP contribution in [-0.4, -0.2) is 77.0 Å². The summed E-state index contributed by atoms with van der Waals surface area (Å²) in [6, 6.07) is -1.59. The summed E-state index contributed by atoms with van der Waals surface area (Å²) in [5.41, 5.74) is -8.02. The summed E-state index contributed by atoms with van der Waals surface area (Å²) < 4.78 is 128. The number of aliphatic hydroxyl groups excluding tert-OH is 2. The summed E-state index contributed by atoms with van der Waals surface area (Å²) in [6.45, 7) is 0.124. The molecule has 4 rings (SSSR count). The van der Waals surface area contributed by atoms with Gasteiger partial charge in [0.1, 0.15) is 17.1 Å². The Kier molecular flexibility index (Phi) is 8.94. The van der Waals surface area contributed by atoms with E-state index in [1.54, 1.807) is 5.32 Å². The number of alkyl halides is 5. The van der Waals surface area contributed by atoms with Crippen LogP contribution in [0.2, 0.25) is 0 Å². The number of carbonyl (C=O) groups excluding carboxylic acids is 1. The number of hydrogen-bond donors (Lipinski definition) is 3. The average molecular weight is 641 g/mol. The number of carbonyl (C=O) groups is 1. The number of amides is 1. The van der Waals surface area contributed by atoms with E-state index < -0.39 is 112 Å². The van der Waals surface area contributed by atoms with Crippen LogP contribution in [0.4, 0.5) is 45.3 Å². The van der Waals surface area contributed by atoms with E-state index in [9.17, 15) is 54.9 Å². The van der Waals surface area contributed by atoms with Gasteiger partial charge in [0.2, 0.25) is 11.9 Å². The van der Waals surface area contributed by atoms with Crippen LogP contribution < -0.4 is 15.6 Å². The lowest BCUT2D eigenvalue weighted by Gasteiger charge is -2.48. The number of pyridine rings is 2. The molecule has 0 saturated carbocycles. The van der Waals surface area contributed by atoms with E-state index in [0.29, 0.717) is 30.7 Å². The normalized spacial score (nSPS) is 16.4. The largest absolute Gasteiger partial charge is 0.396 e. The van der Waals surface area contributed by atoms with Crippen LogP contribution >= 0.6 is 0 Å². The molecule has 0 radical (unpaired) electrons. The molecule has 3 heterocycles. The maximum Gasteiger partial charge on any atom is 0.271 e. The standard InChI is InChI=1S/C27H25F9N4O4/c1-26(2,25(35)36)20(17(32)21(33)34)37-24(44)13-6-40(18-14(29)3-11(28)4-15(18)30)22-12(19(13)43)5-16(31)23(38-22)39-7-27(8-39,9-41)10-42/h3-6,17,20-21,25,41-42H,7-10H2,1-2H3,(H,37,44). The quantitative estimate of drug-likeness (QED) is 0.292. The highest BCUT2D eigenvalue weighted by molar-refractivity contribution is 5.97. The molecule has 44 heavy (non-hydrogen) atoms. The Morgan fingerprint density at radius 1 is 1.00 bits per heavy atom. The maximum atomic E-state index is 15.3. The number of aromatic nitrogens is 2. The lowest BCUT2D eigenvalue weighted by atomic mass is 9.81. The third-order valence-electron chi connectivity index (χ3n) is 7.61. The lowest BCUT2D eigenvalue weighted by Crippen LogP contribution is -2.61. The van der Waals surface area contributed by atoms with Crippen molar-refractivity contribution < 1.29 is 54.5 Å². The molecule has 1 saturated heterocycles. The van der Waals surface area contributed by atoms with E-state index >= 15 is 4.39 Å². The van der Waals surface area contributed by atoms with Crippen LogP contribution in [-0.2, 0) is 0 Å². The van der Waals surface area contributed by atoms with Crippen molar-refractivity contribution in [2.45, 2.75) is 38.9 Å². The SMILES string of the molecule is CC(C)(C(F)F)C(NC(=O)c1cn(-c2c(F)cc(F)cc2F)c2nc(N3CC(CO)(CO)C3)c(F)cc2c1=O)C(F)C(F)F. The fourth-order valence-electron chi connectivity index (χ4n) is 4.87. The topological polar surface area (TPSA) is 108 Å². The van der Waals surface area contributed by atoms with Crippen LogP contribution in [0.15, 0.2) is 29.2 Å². The highest BCUT2D eigenvalue weighted by Gasteiger charge is 2.47. The van der Waals surface area contributed by atoms with Crippen LogP contribution in [0.1, 0.15) is 24.2 Å². The van der Waals surface area contributed by atoms with Gasteiger partial charge in [-0.15, -0.1) is 0 Å². The fraction of sp³-hybridized carbons (Fsp3) is 0.444. The summed E-state index contributed by atoms with van der Waals surface area (Å²) in [5, 5.41) is 19.9. The second-order valence-electron chi connectivity index (χ2n) is 11.1. The molecular formula is C27H25F9N4O4. The molecule has 1 aliphatic heterocycles. The number of benzene rings is 1. The lowest BCUT2D eigenvalue weighted by molar-refractivity contribution is -0.0588. The van der Waals surface area contributed by atoms with Gasteiger partial charge in [0.05, 0.1) is 30.1 Å². The highest BCUT2D eigenvalue weighted by atomic mass is 19.3. The van der Waals surface area contributed by atoms with E-state index in [0.717, 1.165) is 0 Å². The van der Waals surface area contributed by atoms with E-state index in [-0.39, 0.29) is 25.2 Å². The van der Waals surface area contributed by atoms with Crippen LogP contribution in [0, 0.1) is 34.1 Å². The van der Waals surface area contributed by atoms with E-state index in [4.69, 9.17) is 0 Å². The van der Waals surface area contributed by atoms with Gasteiger partial charge in [-0.25, -0.2) is 44.5 Å². The Morgan fingerprint density at radius 3 is 2.07 bits per heavy atom. The first-order valence-corrected chi connectivity index (χ1v) is 12.9. The van der Waals surface area contributed by atoms with Gasteiger partial charge in [0.25, 0.3) is 12.3 Å². The number of halogens is 9. The second kappa shape index (κ2) is 11.9. The zero-order valence-corrected chi connectivity index (χ0v) is 22.9. The summed E-state index contributed by atoms with van der Waals surface area (Å²) >= 11 is 0. The Morgan fingerprint density at radius 2 is 1.57 bits per heavy atom. The number of nitrogens with zero attached hydrogens (tertiary/aromatic N) is 3. The molecule has 2 unspecified atom stereocenters. The minimum Gasteiger partial charge on any atom is -0.396 e. The zero-order chi connectivity index (χ0) is 32.9. The molecule has 17 heteroatoms. The van der Waals surface area contributed by atoms with Crippen molar-refractivity contribution in [2.75, 3.05) is 31.2 Å². The first kappa shape index (κ1) is 33.0. The average Bonchev–Trinajstić information content (AvgIpc) is 2.92. The first-order valence-electron chi connectivity index (χ1n) is 12.9. The minimum absolute atomic E-state index is 0.130. The van der Waals surface area contributed by atoms with Crippen molar-refractivity contribution in [3.8, 4) is 5.69 Å². The van der Waals surface area contributed by atoms with E-state index in [1.807, 2.05) is 0 Å². The van der Waals surface area contributed by atoms with Crippen LogP contribution in [0.25, 0.3) is 16.7 Å². The van der Waals surface area contributed by atoms with Gasteiger partial charge in [0.15, 0.2) is 35.1 Å². The molecule has 1 aliphatic rings. The monoisotopic (exact) mass is 640 g/mol. The third-order valence-corrected chi connectivity index (χ3v) is 7.61. The molecule has 240 valence electrons. The van der Waals surface area contributed by atoms with Gasteiger partial charge < -0.3 is 20.4 Å². The van der Waals surface area contributed by atoms with Crippen molar-refractivity contribution in [1.82, 2.24) is 14.9 Å². The summed E-state index contributed by atoms with van der Waals surface area (Å²) in [7, 11) is 0. The fourth-order valence-corrected chi connectivity index (χ4v) is 4.87. The molecule has 3 aromatic rings. The number of rotatable bonds is 10. The highest BCUT2D eigenvalue weighted by Crippen LogP contribution is 2.36. The van der Waals surface area contributed by atoms with Crippen molar-refractivity contribution in [3.63, 3.8) is 0 Å². The van der Waals surface area contributed by atoms with Gasteiger partial charge in [-0.05, 0) is 6.07 Å². The summed E-state index contributed by atoms with van der Waals surface area (Å²) in [5.74, 6) is -7.98. The first-order chi connectivity index (χ1) is 20.5. The zero-order valence-electron chi connectivity index (χ0n) is 22.9. The van der Waals surface area contributed by atoms with E-state index in [2.05, 4.69) is 4.98 Å². The molecule has 0 spiro atoms. The summed E-state index contributed by atoms with van der Waals surface area (Å²) in [6.07, 6.45) is -10.2. The number of nitrogens with one attached hydrogen (secondary N) is 1. The number of fused-ring (bicyclic) bond motifs is 1. The molecule has 2 aromatic heterocycles. The predicted molar refractivity (Wildman–Crippen MR) is 138 cm³/mol. The molecular weight excluding hydrogens is 615 g/mol.